The van der Waals surface area contributed by atoms with Crippen molar-refractivity contribution in [1.82, 2.24) is 20.6 Å². The topological polar surface area (TPSA) is 138 Å². The molecule has 3 heterocycles. The Kier molecular flexibility index (Phi) is 6.44. The number of nitrogens with zero attached hydrogens (tertiary/aromatic N) is 3. The van der Waals surface area contributed by atoms with Gasteiger partial charge < -0.3 is 26.4 Å². The summed E-state index contributed by atoms with van der Waals surface area (Å²) in [4.78, 5) is 21.3. The molecule has 2 aliphatic rings. The molecule has 2 atom stereocenters. The molecule has 32 heavy (non-hydrogen) atoms. The molecule has 2 aromatic rings. The van der Waals surface area contributed by atoms with Gasteiger partial charge in [0.2, 0.25) is 5.91 Å². The number of fused-ring (bicyclic) bond motifs is 1. The van der Waals surface area contributed by atoms with Gasteiger partial charge in [-0.1, -0.05) is 23.7 Å². The first kappa shape index (κ1) is 21.9. The first-order valence-electron chi connectivity index (χ1n) is 10.4. The lowest BCUT2D eigenvalue weighted by Gasteiger charge is -2.33. The molecule has 0 bridgehead atoms. The van der Waals surface area contributed by atoms with Crippen LogP contribution in [-0.4, -0.2) is 41.2 Å². The molecule has 0 spiro atoms. The summed E-state index contributed by atoms with van der Waals surface area (Å²) in [5, 5.41) is 19.6. The van der Waals surface area contributed by atoms with E-state index in [1.165, 1.54) is 6.33 Å². The van der Waals surface area contributed by atoms with E-state index in [0.717, 1.165) is 29.7 Å². The van der Waals surface area contributed by atoms with E-state index >= 15 is 0 Å². The number of carbonyl (C=O) groups excluding carboxylic acids is 1. The van der Waals surface area contributed by atoms with Gasteiger partial charge in [0.15, 0.2) is 0 Å². The van der Waals surface area contributed by atoms with Crippen LogP contribution in [0.25, 0.3) is 6.08 Å². The minimum atomic E-state index is -0.656. The number of carbonyl (C=O) groups is 1. The lowest BCUT2D eigenvalue weighted by Crippen LogP contribution is -2.47. The summed E-state index contributed by atoms with van der Waals surface area (Å²) in [6.07, 6.45) is 4.79. The first-order valence-corrected chi connectivity index (χ1v) is 10.8. The molecule has 5 N–H and O–H groups in total. The van der Waals surface area contributed by atoms with E-state index < -0.39 is 6.04 Å². The van der Waals surface area contributed by atoms with Crippen molar-refractivity contribution in [2.24, 2.45) is 0 Å². The van der Waals surface area contributed by atoms with Crippen LogP contribution in [0.5, 0.6) is 0 Å². The molecule has 1 aromatic carbocycles. The molecule has 10 heteroatoms. The molecule has 0 aliphatic carbocycles. The van der Waals surface area contributed by atoms with Crippen LogP contribution in [-0.2, 0) is 9.53 Å². The average Bonchev–Trinajstić information content (AvgIpc) is 2.79. The number of benzene rings is 1. The summed E-state index contributed by atoms with van der Waals surface area (Å²) in [5.74, 6) is 0.289. The Labute approximate surface area is 191 Å². The van der Waals surface area contributed by atoms with Crippen LogP contribution >= 0.6 is 11.6 Å². The van der Waals surface area contributed by atoms with Gasteiger partial charge >= 0.3 is 0 Å². The number of aromatic nitrogens is 2. The zero-order chi connectivity index (χ0) is 22.7. The first-order chi connectivity index (χ1) is 15.5. The van der Waals surface area contributed by atoms with Crippen LogP contribution in [0.2, 0.25) is 5.02 Å². The Balaban J connectivity index is 1.60. The van der Waals surface area contributed by atoms with Crippen molar-refractivity contribution in [2.45, 2.75) is 37.9 Å². The molecule has 9 nitrogen and oxygen atoms in total. The Morgan fingerprint density at radius 3 is 2.91 bits per heavy atom. The molecule has 166 valence electrons. The normalized spacial score (nSPS) is 19.0. The average molecular weight is 454 g/mol. The van der Waals surface area contributed by atoms with Crippen molar-refractivity contribution < 1.29 is 9.53 Å². The van der Waals surface area contributed by atoms with Gasteiger partial charge in [-0.2, -0.15) is 5.26 Å². The van der Waals surface area contributed by atoms with Crippen LogP contribution in [0.1, 0.15) is 42.5 Å². The number of nitrogens with two attached hydrogens (primary N) is 1. The maximum absolute atomic E-state index is 13.3. The van der Waals surface area contributed by atoms with Gasteiger partial charge in [-0.3, -0.25) is 4.79 Å². The third-order valence-corrected chi connectivity index (χ3v) is 5.96. The standard InChI is InChI=1S/C22H24ClN7O2/c1-12(28-21-15(10-24)20(25)26-11-27-21)17-9-13-3-2-4-16(23)18(13)19(30-17)22(31)29-14-5-7-32-8-6-14/h2-4,9,11-12,14,19,30H,5-8H2,1H3,(H,29,31)(H3,25,26,27,28)/t12-,19?/m0/s1. The zero-order valence-electron chi connectivity index (χ0n) is 17.6. The van der Waals surface area contributed by atoms with Crippen LogP contribution in [0.15, 0.2) is 30.2 Å². The van der Waals surface area contributed by atoms with Gasteiger partial charge in [-0.25, -0.2) is 9.97 Å². The highest BCUT2D eigenvalue weighted by Crippen LogP contribution is 2.34. The molecular weight excluding hydrogens is 430 g/mol. The highest BCUT2D eigenvalue weighted by molar-refractivity contribution is 6.32. The maximum atomic E-state index is 13.3. The van der Waals surface area contributed by atoms with E-state index in [1.54, 1.807) is 6.07 Å². The fourth-order valence-corrected chi connectivity index (χ4v) is 4.20. The van der Waals surface area contributed by atoms with Crippen LogP contribution in [0.4, 0.5) is 11.6 Å². The van der Waals surface area contributed by atoms with E-state index in [2.05, 4.69) is 25.9 Å². The van der Waals surface area contributed by atoms with Crippen molar-refractivity contribution in [1.29, 1.82) is 5.26 Å². The highest BCUT2D eigenvalue weighted by atomic mass is 35.5. The van der Waals surface area contributed by atoms with Crippen molar-refractivity contribution in [3.63, 3.8) is 0 Å². The Bertz CT molecular complexity index is 1090. The number of nitriles is 1. The smallest absolute Gasteiger partial charge is 0.247 e. The minimum absolute atomic E-state index is 0.0658. The molecule has 1 fully saturated rings. The lowest BCUT2D eigenvalue weighted by atomic mass is 9.93. The molecular formula is C22H24ClN7O2. The maximum Gasteiger partial charge on any atom is 0.247 e. The summed E-state index contributed by atoms with van der Waals surface area (Å²) in [6.45, 7) is 3.17. The molecule has 1 amide bonds. The molecule has 0 saturated carbocycles. The number of ether oxygens (including phenoxy) is 1. The second-order valence-corrected chi connectivity index (χ2v) is 8.18. The van der Waals surface area contributed by atoms with Crippen LogP contribution in [0.3, 0.4) is 0 Å². The van der Waals surface area contributed by atoms with Gasteiger partial charge in [0.1, 0.15) is 35.6 Å². The van der Waals surface area contributed by atoms with E-state index in [0.29, 0.717) is 24.1 Å². The summed E-state index contributed by atoms with van der Waals surface area (Å²) in [5.41, 5.74) is 8.32. The molecule has 1 unspecified atom stereocenters. The third-order valence-electron chi connectivity index (χ3n) is 5.64. The number of anilines is 2. The van der Waals surface area contributed by atoms with Gasteiger partial charge in [0.25, 0.3) is 0 Å². The van der Waals surface area contributed by atoms with Gasteiger partial charge in [0, 0.05) is 35.5 Å². The Hall–Kier alpha value is -3.35. The van der Waals surface area contributed by atoms with Crippen molar-refractivity contribution in [3.05, 3.63) is 51.9 Å². The fourth-order valence-electron chi connectivity index (χ4n) is 3.91. The fraction of sp³-hybridized carbons (Fsp3) is 0.364. The number of nitrogen functional groups attached to an aromatic ring is 1. The predicted molar refractivity (Wildman–Crippen MR) is 122 cm³/mol. The van der Waals surface area contributed by atoms with Crippen molar-refractivity contribution in [3.8, 4) is 6.07 Å². The minimum Gasteiger partial charge on any atom is -0.382 e. The van der Waals surface area contributed by atoms with Gasteiger partial charge in [-0.05, 0) is 37.5 Å². The number of hydrogen-bond acceptors (Lipinski definition) is 8. The molecule has 1 aromatic heterocycles. The molecule has 4 rings (SSSR count). The monoisotopic (exact) mass is 453 g/mol. The SMILES string of the molecule is C[C@H](Nc1ncnc(N)c1C#N)C1=Cc2cccc(Cl)c2C(C(=O)NC2CCOCC2)N1. The lowest BCUT2D eigenvalue weighted by molar-refractivity contribution is -0.124. The quantitative estimate of drug-likeness (QED) is 0.541. The molecule has 2 aliphatic heterocycles. The number of halogens is 1. The van der Waals surface area contributed by atoms with Crippen LogP contribution in [0, 0.1) is 11.3 Å². The summed E-state index contributed by atoms with van der Waals surface area (Å²) < 4.78 is 5.39. The summed E-state index contributed by atoms with van der Waals surface area (Å²) >= 11 is 6.49. The summed E-state index contributed by atoms with van der Waals surface area (Å²) in [7, 11) is 0. The Morgan fingerprint density at radius 1 is 1.38 bits per heavy atom. The number of amides is 1. The van der Waals surface area contributed by atoms with E-state index in [-0.39, 0.29) is 29.4 Å². The Morgan fingerprint density at radius 2 is 2.16 bits per heavy atom. The van der Waals surface area contributed by atoms with Crippen LogP contribution < -0.4 is 21.7 Å². The second kappa shape index (κ2) is 9.42. The van der Waals surface area contributed by atoms with E-state index in [4.69, 9.17) is 22.1 Å². The largest absolute Gasteiger partial charge is 0.382 e. The third kappa shape index (κ3) is 4.47. The van der Waals surface area contributed by atoms with E-state index in [1.807, 2.05) is 31.2 Å². The van der Waals surface area contributed by atoms with Crippen molar-refractivity contribution >= 4 is 35.2 Å². The molecule has 1 saturated heterocycles. The second-order valence-electron chi connectivity index (χ2n) is 7.78. The number of nitrogens with one attached hydrogen (secondary N) is 3. The van der Waals surface area contributed by atoms with Gasteiger partial charge in [-0.15, -0.1) is 0 Å². The van der Waals surface area contributed by atoms with Crippen molar-refractivity contribution in [2.75, 3.05) is 24.3 Å². The number of hydrogen-bond donors (Lipinski definition) is 4. The highest BCUT2D eigenvalue weighted by Gasteiger charge is 2.32. The predicted octanol–water partition coefficient (Wildman–Crippen LogP) is 2.36. The summed E-state index contributed by atoms with van der Waals surface area (Å²) in [6, 6.07) is 6.68. The molecule has 0 radical (unpaired) electrons. The zero-order valence-corrected chi connectivity index (χ0v) is 18.3. The van der Waals surface area contributed by atoms with E-state index in [9.17, 15) is 10.1 Å². The number of rotatable bonds is 5. The van der Waals surface area contributed by atoms with Gasteiger partial charge in [0.05, 0.1) is 6.04 Å².